The smallest absolute Gasteiger partial charge is 0.437 e. The van der Waals surface area contributed by atoms with Crippen molar-refractivity contribution in [1.82, 2.24) is 20.4 Å². The molecule has 1 N–H and O–H groups in total. The monoisotopic (exact) mass is 583 g/mol. The minimum atomic E-state index is -0.799. The Labute approximate surface area is 250 Å². The summed E-state index contributed by atoms with van der Waals surface area (Å²) in [6.45, 7) is 13.8. The Morgan fingerprint density at radius 3 is 2.26 bits per heavy atom. The molecule has 10 nitrogen and oxygen atoms in total. The van der Waals surface area contributed by atoms with Crippen LogP contribution < -0.4 is 5.32 Å². The third-order valence-corrected chi connectivity index (χ3v) is 6.76. The molecule has 1 saturated heterocycles. The second-order valence-electron chi connectivity index (χ2n) is 13.0. The number of rotatable bonds is 10. The van der Waals surface area contributed by atoms with Crippen LogP contribution in [0.1, 0.15) is 117 Å². The van der Waals surface area contributed by atoms with Crippen LogP contribution in [0.25, 0.3) is 11.4 Å². The molecule has 1 aliphatic heterocycles. The Morgan fingerprint density at radius 2 is 1.62 bits per heavy atom. The van der Waals surface area contributed by atoms with Gasteiger partial charge in [0.2, 0.25) is 17.7 Å². The molecule has 1 aliphatic rings. The number of hydrogen-bond donors (Lipinski definition) is 1. The Morgan fingerprint density at radius 1 is 0.976 bits per heavy atom. The van der Waals surface area contributed by atoms with Crippen molar-refractivity contribution in [2.45, 2.75) is 123 Å². The van der Waals surface area contributed by atoms with Gasteiger partial charge in [-0.25, -0.2) is 9.59 Å². The van der Waals surface area contributed by atoms with Gasteiger partial charge < -0.3 is 18.9 Å². The maximum Gasteiger partial charge on any atom is 0.437 e. The van der Waals surface area contributed by atoms with E-state index in [4.69, 9.17) is 14.0 Å². The first-order chi connectivity index (χ1) is 19.8. The molecule has 0 bridgehead atoms. The first kappa shape index (κ1) is 33.1. The highest BCUT2D eigenvalue weighted by molar-refractivity contribution is 5.99. The number of hydrogen-bond acceptors (Lipinski definition) is 7. The van der Waals surface area contributed by atoms with E-state index >= 15 is 0 Å². The lowest BCUT2D eigenvalue weighted by Gasteiger charge is -2.24. The molecule has 232 valence electrons. The molecule has 1 aromatic carbocycles. The summed E-state index contributed by atoms with van der Waals surface area (Å²) in [4.78, 5) is 35.5. The van der Waals surface area contributed by atoms with Gasteiger partial charge in [-0.2, -0.15) is 4.98 Å². The summed E-state index contributed by atoms with van der Waals surface area (Å²) in [6, 6.07) is 8.37. The van der Waals surface area contributed by atoms with E-state index in [1.165, 1.54) is 50.5 Å². The number of aryl methyl sites for hydroxylation is 1. The minimum absolute atomic E-state index is 0.0669. The molecule has 0 radical (unpaired) electrons. The Balaban J connectivity index is 1.60. The van der Waals surface area contributed by atoms with Crippen molar-refractivity contribution in [2.75, 3.05) is 13.1 Å². The van der Waals surface area contributed by atoms with Crippen LogP contribution in [0, 0.1) is 0 Å². The highest BCUT2D eigenvalue weighted by atomic mass is 16.6. The number of aromatic nitrogens is 2. The van der Waals surface area contributed by atoms with E-state index in [1.54, 1.807) is 46.4 Å². The molecule has 0 aliphatic carbocycles. The minimum Gasteiger partial charge on any atom is -0.444 e. The predicted octanol–water partition coefficient (Wildman–Crippen LogP) is 7.63. The second kappa shape index (κ2) is 15.2. The predicted molar refractivity (Wildman–Crippen MR) is 163 cm³/mol. The average molecular weight is 584 g/mol. The SMILES string of the molecule is CCCCCCCCCc1ccc(-c2noc([C@@H]3CCN(C(=NC(=O)OC(C)(C)C)NC(=O)OC(C)(C)C)C3)n2)cc1. The number of aliphatic imine (C=N–C) groups is 1. The number of amides is 2. The summed E-state index contributed by atoms with van der Waals surface area (Å²) in [5.41, 5.74) is 0.789. The molecule has 1 fully saturated rings. The molecule has 0 unspecified atom stereocenters. The first-order valence-corrected chi connectivity index (χ1v) is 15.3. The van der Waals surface area contributed by atoms with Crippen molar-refractivity contribution < 1.29 is 23.6 Å². The lowest BCUT2D eigenvalue weighted by atomic mass is 10.0. The van der Waals surface area contributed by atoms with Crippen LogP contribution in [0.15, 0.2) is 33.8 Å². The Hall–Kier alpha value is -3.43. The van der Waals surface area contributed by atoms with E-state index in [0.717, 1.165) is 12.0 Å². The number of likely N-dealkylation sites (tertiary alicyclic amines) is 1. The number of nitrogens with one attached hydrogen (secondary N) is 1. The molecular weight excluding hydrogens is 534 g/mol. The topological polar surface area (TPSA) is 119 Å². The van der Waals surface area contributed by atoms with Crippen LogP contribution in [0.3, 0.4) is 0 Å². The maximum atomic E-state index is 12.5. The number of guanidine groups is 1. The highest BCUT2D eigenvalue weighted by Crippen LogP contribution is 2.28. The molecule has 0 spiro atoms. The van der Waals surface area contributed by atoms with Gasteiger partial charge in [0.15, 0.2) is 0 Å². The number of benzene rings is 1. The first-order valence-electron chi connectivity index (χ1n) is 15.3. The van der Waals surface area contributed by atoms with Crippen LogP contribution in [-0.4, -0.2) is 57.5 Å². The van der Waals surface area contributed by atoms with Crippen LogP contribution in [0.2, 0.25) is 0 Å². The van der Waals surface area contributed by atoms with Gasteiger partial charge in [0, 0.05) is 18.7 Å². The second-order valence-corrected chi connectivity index (χ2v) is 13.0. The van der Waals surface area contributed by atoms with E-state index in [0.29, 0.717) is 31.2 Å². The summed E-state index contributed by atoms with van der Waals surface area (Å²) < 4.78 is 16.4. The molecule has 42 heavy (non-hydrogen) atoms. The van der Waals surface area contributed by atoms with Gasteiger partial charge in [-0.1, -0.05) is 74.9 Å². The van der Waals surface area contributed by atoms with Crippen LogP contribution in [-0.2, 0) is 15.9 Å². The van der Waals surface area contributed by atoms with Crippen molar-refractivity contribution in [3.8, 4) is 11.4 Å². The number of carbonyl (C=O) groups is 2. The van der Waals surface area contributed by atoms with Gasteiger partial charge in [0.1, 0.15) is 11.2 Å². The number of ether oxygens (including phenoxy) is 2. The molecule has 1 aromatic heterocycles. The van der Waals surface area contributed by atoms with Gasteiger partial charge in [-0.05, 0) is 66.4 Å². The third-order valence-electron chi connectivity index (χ3n) is 6.76. The highest BCUT2D eigenvalue weighted by Gasteiger charge is 2.32. The van der Waals surface area contributed by atoms with Crippen molar-refractivity contribution in [2.24, 2.45) is 4.99 Å². The summed E-state index contributed by atoms with van der Waals surface area (Å²) in [6.07, 6.45) is 9.36. The average Bonchev–Trinajstić information content (AvgIpc) is 3.56. The fourth-order valence-electron chi connectivity index (χ4n) is 4.72. The summed E-state index contributed by atoms with van der Waals surface area (Å²) in [5.74, 6) is 1.03. The van der Waals surface area contributed by atoms with Crippen LogP contribution >= 0.6 is 0 Å². The standard InChI is InChI=1S/C32H49N5O5/c1-8-9-10-11-12-13-14-15-23-16-18-24(19-17-23)26-33-27(42-36-26)25-20-21-37(22-25)28(34-29(38)40-31(2,3)4)35-30(39)41-32(5,6)7/h16-19,25H,8-15,20-22H2,1-7H3,(H,34,35,38,39)/t25-/m1/s1. The fourth-order valence-corrected chi connectivity index (χ4v) is 4.72. The van der Waals surface area contributed by atoms with Gasteiger partial charge >= 0.3 is 12.2 Å². The van der Waals surface area contributed by atoms with Gasteiger partial charge in [0.25, 0.3) is 0 Å². The zero-order valence-corrected chi connectivity index (χ0v) is 26.5. The molecule has 2 heterocycles. The summed E-state index contributed by atoms with van der Waals surface area (Å²) in [5, 5.41) is 6.84. The summed E-state index contributed by atoms with van der Waals surface area (Å²) in [7, 11) is 0. The zero-order chi connectivity index (χ0) is 30.8. The lowest BCUT2D eigenvalue weighted by molar-refractivity contribution is 0.0555. The molecule has 2 aromatic rings. The van der Waals surface area contributed by atoms with Gasteiger partial charge in [-0.3, -0.25) is 5.32 Å². The molecule has 0 saturated carbocycles. The number of nitrogens with zero attached hydrogens (tertiary/aromatic N) is 4. The largest absolute Gasteiger partial charge is 0.444 e. The lowest BCUT2D eigenvalue weighted by Crippen LogP contribution is -2.45. The van der Waals surface area contributed by atoms with E-state index < -0.39 is 23.4 Å². The quantitative estimate of drug-likeness (QED) is 0.172. The fraction of sp³-hybridized carbons (Fsp3) is 0.656. The number of carbonyl (C=O) groups excluding carboxylic acids is 2. The third kappa shape index (κ3) is 11.4. The van der Waals surface area contributed by atoms with Crippen LogP contribution in [0.4, 0.5) is 9.59 Å². The van der Waals surface area contributed by atoms with E-state index in [2.05, 4.69) is 39.5 Å². The maximum absolute atomic E-state index is 12.5. The Kier molecular flexibility index (Phi) is 11.9. The van der Waals surface area contributed by atoms with Crippen molar-refractivity contribution >= 4 is 18.1 Å². The molecule has 10 heteroatoms. The number of unbranched alkanes of at least 4 members (excludes halogenated alkanes) is 6. The molecule has 1 atom stereocenters. The molecule has 3 rings (SSSR count). The van der Waals surface area contributed by atoms with E-state index in [-0.39, 0.29) is 11.9 Å². The van der Waals surface area contributed by atoms with E-state index in [1.807, 2.05) is 12.1 Å². The van der Waals surface area contributed by atoms with E-state index in [9.17, 15) is 9.59 Å². The van der Waals surface area contributed by atoms with Gasteiger partial charge in [0.05, 0.1) is 5.92 Å². The van der Waals surface area contributed by atoms with Crippen molar-refractivity contribution in [3.05, 3.63) is 35.7 Å². The number of alkyl carbamates (subject to hydrolysis) is 1. The Bertz CT molecular complexity index is 1180. The van der Waals surface area contributed by atoms with Crippen molar-refractivity contribution in [3.63, 3.8) is 0 Å². The normalized spacial score (nSPS) is 16.0. The van der Waals surface area contributed by atoms with Crippen LogP contribution in [0.5, 0.6) is 0 Å². The van der Waals surface area contributed by atoms with Crippen molar-refractivity contribution in [1.29, 1.82) is 0 Å². The summed E-state index contributed by atoms with van der Waals surface area (Å²) >= 11 is 0. The van der Waals surface area contributed by atoms with Gasteiger partial charge in [-0.15, -0.1) is 4.99 Å². The zero-order valence-electron chi connectivity index (χ0n) is 26.5. The molecular formula is C32H49N5O5. The molecule has 2 amide bonds.